The third-order valence-electron chi connectivity index (χ3n) is 3.60. The van der Waals surface area contributed by atoms with Gasteiger partial charge in [-0.2, -0.15) is 0 Å². The quantitative estimate of drug-likeness (QED) is 0.702. The summed E-state index contributed by atoms with van der Waals surface area (Å²) < 4.78 is 19.8. The molecule has 20 heavy (non-hydrogen) atoms. The summed E-state index contributed by atoms with van der Waals surface area (Å²) in [6.07, 6.45) is 3.78. The van der Waals surface area contributed by atoms with E-state index in [2.05, 4.69) is 18.8 Å². The Labute approximate surface area is 128 Å². The number of hydrogen-bond donors (Lipinski definition) is 0. The number of ether oxygens (including phenoxy) is 1. The topological polar surface area (TPSA) is 38.7 Å². The van der Waals surface area contributed by atoms with Crippen molar-refractivity contribution in [3.63, 3.8) is 0 Å². The maximum atomic E-state index is 13.2. The molecule has 0 fully saturated rings. The van der Waals surface area contributed by atoms with Crippen LogP contribution in [0.2, 0.25) is 0 Å². The van der Waals surface area contributed by atoms with Crippen LogP contribution in [-0.2, 0) is 7.84 Å². The maximum absolute atomic E-state index is 13.2. The molecule has 1 aliphatic heterocycles. The van der Waals surface area contributed by atoms with Crippen molar-refractivity contribution in [2.75, 3.05) is 0 Å². The fourth-order valence-electron chi connectivity index (χ4n) is 2.78. The van der Waals surface area contributed by atoms with Gasteiger partial charge >= 0.3 is 128 Å². The number of aliphatic imine (C=N–C) groups is 1. The predicted molar refractivity (Wildman–Crippen MR) is 83.0 cm³/mol. The number of hydrogen-bond acceptors (Lipinski definition) is 3. The molecule has 0 aliphatic carbocycles. The molecule has 0 amide bonds. The van der Waals surface area contributed by atoms with E-state index in [1.54, 1.807) is 0 Å². The van der Waals surface area contributed by atoms with Crippen LogP contribution < -0.4 is 3.61 Å². The van der Waals surface area contributed by atoms with E-state index in [9.17, 15) is 3.10 Å². The van der Waals surface area contributed by atoms with E-state index in [-0.39, 0.29) is 6.04 Å². The molecule has 1 aromatic carbocycles. The molecule has 2 atom stereocenters. The van der Waals surface area contributed by atoms with Gasteiger partial charge in [-0.25, -0.2) is 0 Å². The average molecular weight is 389 g/mol. The molecule has 1 heterocycles. The minimum atomic E-state index is -2.84. The first-order chi connectivity index (χ1) is 9.64. The van der Waals surface area contributed by atoms with Crippen molar-refractivity contribution in [1.82, 2.24) is 0 Å². The molecule has 4 heteroatoms. The van der Waals surface area contributed by atoms with Gasteiger partial charge in [-0.15, -0.1) is 0 Å². The Bertz CT molecular complexity index is 500. The second-order valence-corrected chi connectivity index (χ2v) is 10.0. The average Bonchev–Trinajstić information content (AvgIpc) is 2.77. The zero-order valence-electron chi connectivity index (χ0n) is 12.5. The Morgan fingerprint density at radius 3 is 2.55 bits per heavy atom. The molecule has 2 rings (SSSR count). The summed E-state index contributed by atoms with van der Waals surface area (Å²) in [7, 11) is 0. The molecule has 1 aliphatic rings. The van der Waals surface area contributed by atoms with Crippen LogP contribution in [0.15, 0.2) is 35.3 Å². The Balaban J connectivity index is 2.37. The van der Waals surface area contributed by atoms with Crippen molar-refractivity contribution in [2.24, 2.45) is 4.99 Å². The molecule has 0 bridgehead atoms. The molecular formula is C16H23NO2Te. The van der Waals surface area contributed by atoms with E-state index in [1.807, 2.05) is 37.3 Å². The molecule has 3 nitrogen and oxygen atoms in total. The normalized spacial score (nSPS) is 25.6. The Morgan fingerprint density at radius 1 is 1.25 bits per heavy atom. The van der Waals surface area contributed by atoms with Gasteiger partial charge in [0, 0.05) is 0 Å². The zero-order valence-corrected chi connectivity index (χ0v) is 14.8. The van der Waals surface area contributed by atoms with Crippen molar-refractivity contribution in [3.8, 4) is 0 Å². The van der Waals surface area contributed by atoms with E-state index < -0.39 is 23.2 Å². The van der Waals surface area contributed by atoms with E-state index in [4.69, 9.17) is 4.74 Å². The second-order valence-electron chi connectivity index (χ2n) is 5.20. The first kappa shape index (κ1) is 15.7. The molecule has 0 aromatic heterocycles. The van der Waals surface area contributed by atoms with Crippen molar-refractivity contribution in [1.29, 1.82) is 0 Å². The van der Waals surface area contributed by atoms with E-state index in [0.29, 0.717) is 5.90 Å². The second kappa shape index (κ2) is 6.82. The monoisotopic (exact) mass is 391 g/mol. The SMILES string of the molecule is CCCC1N=C(C)OC1(CCC)[Te](=O)c1ccccc1. The van der Waals surface area contributed by atoms with E-state index in [1.165, 1.54) is 0 Å². The van der Waals surface area contributed by atoms with Crippen LogP contribution in [0.3, 0.4) is 0 Å². The summed E-state index contributed by atoms with van der Waals surface area (Å²) in [5, 5.41) is 0. The van der Waals surface area contributed by atoms with Gasteiger partial charge in [0.15, 0.2) is 0 Å². The van der Waals surface area contributed by atoms with Gasteiger partial charge in [-0.3, -0.25) is 0 Å². The van der Waals surface area contributed by atoms with Gasteiger partial charge in [0.25, 0.3) is 0 Å². The molecule has 0 saturated carbocycles. The van der Waals surface area contributed by atoms with Crippen LogP contribution in [0.5, 0.6) is 0 Å². The van der Waals surface area contributed by atoms with E-state index in [0.717, 1.165) is 29.3 Å². The number of benzene rings is 1. The first-order valence-corrected chi connectivity index (χ1v) is 10.6. The molecule has 0 spiro atoms. The van der Waals surface area contributed by atoms with Gasteiger partial charge in [-0.05, 0) is 0 Å². The fourth-order valence-corrected chi connectivity index (χ4v) is 7.94. The van der Waals surface area contributed by atoms with Crippen LogP contribution in [0.25, 0.3) is 0 Å². The van der Waals surface area contributed by atoms with Crippen LogP contribution in [0.1, 0.15) is 46.5 Å². The number of nitrogens with zero attached hydrogens (tertiary/aromatic N) is 1. The molecule has 1 aromatic rings. The summed E-state index contributed by atoms with van der Waals surface area (Å²) >= 11 is -2.84. The molecule has 110 valence electrons. The Hall–Kier alpha value is -0.720. The third-order valence-corrected chi connectivity index (χ3v) is 8.98. The third kappa shape index (κ3) is 2.97. The number of rotatable bonds is 6. The van der Waals surface area contributed by atoms with Crippen molar-refractivity contribution < 1.29 is 7.84 Å². The zero-order chi connectivity index (χ0) is 14.6. The van der Waals surface area contributed by atoms with Gasteiger partial charge in [0.1, 0.15) is 0 Å². The molecule has 2 unspecified atom stereocenters. The van der Waals surface area contributed by atoms with Gasteiger partial charge in [0.05, 0.1) is 0 Å². The minimum absolute atomic E-state index is 0.0572. The summed E-state index contributed by atoms with van der Waals surface area (Å²) in [6, 6.07) is 9.88. The summed E-state index contributed by atoms with van der Waals surface area (Å²) in [5.41, 5.74) is 0. The molecular weight excluding hydrogens is 366 g/mol. The standard InChI is InChI=1S/C16H23NO2Te/c1-4-9-15-16(12-5-2,19-13(3)17-15)20(18)14-10-7-6-8-11-14/h6-8,10-11,15H,4-5,9,12H2,1-3H3. The van der Waals surface area contributed by atoms with Crippen LogP contribution in [0.4, 0.5) is 0 Å². The van der Waals surface area contributed by atoms with E-state index >= 15 is 0 Å². The summed E-state index contributed by atoms with van der Waals surface area (Å²) in [6.45, 7) is 6.16. The van der Waals surface area contributed by atoms with Crippen molar-refractivity contribution >= 4 is 29.0 Å². The van der Waals surface area contributed by atoms with Crippen LogP contribution in [0, 0.1) is 0 Å². The molecule has 0 radical (unpaired) electrons. The van der Waals surface area contributed by atoms with Crippen LogP contribution in [-0.4, -0.2) is 35.1 Å². The molecule has 0 saturated heterocycles. The first-order valence-electron chi connectivity index (χ1n) is 7.34. The summed E-state index contributed by atoms with van der Waals surface area (Å²) in [4.78, 5) is 4.63. The Kier molecular flexibility index (Phi) is 5.35. The van der Waals surface area contributed by atoms with Crippen LogP contribution >= 0.6 is 0 Å². The fraction of sp³-hybridized carbons (Fsp3) is 0.562. The Morgan fingerprint density at radius 2 is 1.95 bits per heavy atom. The van der Waals surface area contributed by atoms with Gasteiger partial charge in [0.2, 0.25) is 0 Å². The summed E-state index contributed by atoms with van der Waals surface area (Å²) in [5.74, 6) is 0.703. The molecule has 0 N–H and O–H groups in total. The van der Waals surface area contributed by atoms with Crippen molar-refractivity contribution in [3.05, 3.63) is 30.3 Å². The van der Waals surface area contributed by atoms with Crippen molar-refractivity contribution in [2.45, 2.75) is 56.1 Å². The van der Waals surface area contributed by atoms with Gasteiger partial charge < -0.3 is 0 Å². The van der Waals surface area contributed by atoms with Gasteiger partial charge in [-0.1, -0.05) is 0 Å². The predicted octanol–water partition coefficient (Wildman–Crippen LogP) is 3.01.